The Hall–Kier alpha value is -2.04. The molecule has 1 amide bonds. The van der Waals surface area contributed by atoms with E-state index < -0.39 is 0 Å². The van der Waals surface area contributed by atoms with Gasteiger partial charge in [-0.25, -0.2) is 0 Å². The summed E-state index contributed by atoms with van der Waals surface area (Å²) in [5.41, 5.74) is 0.629. The largest absolute Gasteiger partial charge is 0.457 e. The molecule has 1 fully saturated rings. The zero-order chi connectivity index (χ0) is 16.1. The normalized spacial score (nSPS) is 19.9. The molecule has 0 radical (unpaired) electrons. The number of amides is 1. The lowest BCUT2D eigenvalue weighted by atomic mass is 10.0. The van der Waals surface area contributed by atoms with Gasteiger partial charge in [-0.1, -0.05) is 24.3 Å². The summed E-state index contributed by atoms with van der Waals surface area (Å²) in [6.07, 6.45) is 1.93. The van der Waals surface area contributed by atoms with Gasteiger partial charge in [-0.15, -0.1) is 12.4 Å². The molecule has 0 spiro atoms. The summed E-state index contributed by atoms with van der Waals surface area (Å²) in [4.78, 5) is 12.4. The van der Waals surface area contributed by atoms with Crippen LogP contribution >= 0.6 is 12.4 Å². The van der Waals surface area contributed by atoms with Crippen molar-refractivity contribution < 1.29 is 9.53 Å². The Bertz CT molecular complexity index is 663. The van der Waals surface area contributed by atoms with Gasteiger partial charge in [-0.05, 0) is 56.6 Å². The van der Waals surface area contributed by atoms with Gasteiger partial charge in [-0.3, -0.25) is 4.79 Å². The molecule has 24 heavy (non-hydrogen) atoms. The van der Waals surface area contributed by atoms with E-state index in [4.69, 9.17) is 4.74 Å². The average molecular weight is 347 g/mol. The fourth-order valence-corrected chi connectivity index (χ4v) is 2.86. The van der Waals surface area contributed by atoms with Gasteiger partial charge in [0.1, 0.15) is 11.5 Å². The molecule has 4 nitrogen and oxygen atoms in total. The summed E-state index contributed by atoms with van der Waals surface area (Å²) in [5, 5.41) is 6.51. The number of ether oxygens (including phenoxy) is 1. The molecule has 1 saturated heterocycles. The summed E-state index contributed by atoms with van der Waals surface area (Å²) >= 11 is 0. The highest BCUT2D eigenvalue weighted by molar-refractivity contribution is 5.94. The number of nitrogens with one attached hydrogen (secondary N) is 2. The number of halogens is 1. The van der Waals surface area contributed by atoms with Gasteiger partial charge in [0, 0.05) is 17.6 Å². The first-order valence-electron chi connectivity index (χ1n) is 8.08. The SMILES string of the molecule is CC1CC(NC(=O)c2cccc(Oc3ccccc3)c2)CCN1.Cl. The predicted molar refractivity (Wildman–Crippen MR) is 98.2 cm³/mol. The summed E-state index contributed by atoms with van der Waals surface area (Å²) in [6.45, 7) is 3.09. The maximum absolute atomic E-state index is 12.4. The van der Waals surface area contributed by atoms with E-state index in [9.17, 15) is 4.79 Å². The molecule has 1 aliphatic rings. The average Bonchev–Trinajstić information content (AvgIpc) is 2.56. The first-order valence-corrected chi connectivity index (χ1v) is 8.08. The Morgan fingerprint density at radius 3 is 2.62 bits per heavy atom. The highest BCUT2D eigenvalue weighted by atomic mass is 35.5. The summed E-state index contributed by atoms with van der Waals surface area (Å²) in [6, 6.07) is 17.6. The zero-order valence-electron chi connectivity index (χ0n) is 13.7. The van der Waals surface area contributed by atoms with Crippen molar-refractivity contribution >= 4 is 18.3 Å². The molecular formula is C19H23ClN2O2. The zero-order valence-corrected chi connectivity index (χ0v) is 14.5. The minimum Gasteiger partial charge on any atom is -0.457 e. The minimum atomic E-state index is -0.0392. The van der Waals surface area contributed by atoms with E-state index in [0.29, 0.717) is 17.4 Å². The van der Waals surface area contributed by atoms with Gasteiger partial charge < -0.3 is 15.4 Å². The topological polar surface area (TPSA) is 50.4 Å². The van der Waals surface area contributed by atoms with Crippen LogP contribution in [0.1, 0.15) is 30.1 Å². The second kappa shape index (κ2) is 8.71. The molecule has 0 aliphatic carbocycles. The van der Waals surface area contributed by atoms with E-state index >= 15 is 0 Å². The van der Waals surface area contributed by atoms with E-state index in [2.05, 4.69) is 17.6 Å². The van der Waals surface area contributed by atoms with Gasteiger partial charge in [0.2, 0.25) is 0 Å². The molecule has 0 saturated carbocycles. The number of rotatable bonds is 4. The maximum atomic E-state index is 12.4. The molecule has 2 aromatic rings. The Labute approximate surface area is 149 Å². The second-order valence-electron chi connectivity index (χ2n) is 5.99. The summed E-state index contributed by atoms with van der Waals surface area (Å²) in [7, 11) is 0. The van der Waals surface area contributed by atoms with Crippen LogP contribution in [0.3, 0.4) is 0 Å². The van der Waals surface area contributed by atoms with E-state index in [-0.39, 0.29) is 24.4 Å². The molecule has 128 valence electrons. The van der Waals surface area contributed by atoms with Gasteiger partial charge in [-0.2, -0.15) is 0 Å². The number of piperidine rings is 1. The minimum absolute atomic E-state index is 0. The van der Waals surface area contributed by atoms with Crippen LogP contribution < -0.4 is 15.4 Å². The molecule has 1 heterocycles. The first-order chi connectivity index (χ1) is 11.2. The van der Waals surface area contributed by atoms with Crippen LogP contribution in [0.15, 0.2) is 54.6 Å². The van der Waals surface area contributed by atoms with Crippen molar-refractivity contribution in [3.8, 4) is 11.5 Å². The lowest BCUT2D eigenvalue weighted by Gasteiger charge is -2.28. The number of para-hydroxylation sites is 1. The summed E-state index contributed by atoms with van der Waals surface area (Å²) < 4.78 is 5.79. The smallest absolute Gasteiger partial charge is 0.251 e. The standard InChI is InChI=1S/C19H22N2O2.ClH/c1-14-12-16(10-11-20-14)21-19(22)15-6-5-9-18(13-15)23-17-7-3-2-4-8-17;/h2-9,13-14,16,20H,10-12H2,1H3,(H,21,22);1H. The molecule has 0 aromatic heterocycles. The van der Waals surface area contributed by atoms with Crippen molar-refractivity contribution in [1.82, 2.24) is 10.6 Å². The van der Waals surface area contributed by atoms with Crippen LogP contribution in [-0.4, -0.2) is 24.5 Å². The Kier molecular flexibility index (Phi) is 6.64. The van der Waals surface area contributed by atoms with Crippen molar-refractivity contribution in [2.45, 2.75) is 31.8 Å². The monoisotopic (exact) mass is 346 g/mol. The third-order valence-electron chi connectivity index (χ3n) is 4.03. The van der Waals surface area contributed by atoms with E-state index in [1.165, 1.54) is 0 Å². The molecule has 2 atom stereocenters. The third kappa shape index (κ3) is 4.98. The molecular weight excluding hydrogens is 324 g/mol. The highest BCUT2D eigenvalue weighted by Crippen LogP contribution is 2.22. The van der Waals surface area contributed by atoms with Crippen molar-refractivity contribution in [3.63, 3.8) is 0 Å². The van der Waals surface area contributed by atoms with Crippen molar-refractivity contribution in [2.24, 2.45) is 0 Å². The van der Waals surface area contributed by atoms with Crippen molar-refractivity contribution in [2.75, 3.05) is 6.54 Å². The lowest BCUT2D eigenvalue weighted by Crippen LogP contribution is -2.46. The van der Waals surface area contributed by atoms with Gasteiger partial charge >= 0.3 is 0 Å². The molecule has 3 rings (SSSR count). The third-order valence-corrected chi connectivity index (χ3v) is 4.03. The number of hydrogen-bond donors (Lipinski definition) is 2. The molecule has 1 aliphatic heterocycles. The number of carbonyl (C=O) groups is 1. The van der Waals surface area contributed by atoms with Crippen LogP contribution in [0, 0.1) is 0 Å². The molecule has 2 N–H and O–H groups in total. The van der Waals surface area contributed by atoms with Crippen LogP contribution in [0.5, 0.6) is 11.5 Å². The highest BCUT2D eigenvalue weighted by Gasteiger charge is 2.20. The Morgan fingerprint density at radius 1 is 1.12 bits per heavy atom. The van der Waals surface area contributed by atoms with Gasteiger partial charge in [0.15, 0.2) is 0 Å². The first kappa shape index (κ1) is 18.3. The molecule has 2 unspecified atom stereocenters. The molecule has 2 aromatic carbocycles. The second-order valence-corrected chi connectivity index (χ2v) is 5.99. The van der Waals surface area contributed by atoms with E-state index in [1.54, 1.807) is 6.07 Å². The fraction of sp³-hybridized carbons (Fsp3) is 0.316. The molecule has 0 bridgehead atoms. The van der Waals surface area contributed by atoms with Gasteiger partial charge in [0.25, 0.3) is 5.91 Å². The van der Waals surface area contributed by atoms with Crippen LogP contribution in [-0.2, 0) is 0 Å². The summed E-state index contributed by atoms with van der Waals surface area (Å²) in [5.74, 6) is 1.39. The van der Waals surface area contributed by atoms with Crippen LogP contribution in [0.2, 0.25) is 0 Å². The number of carbonyl (C=O) groups excluding carboxylic acids is 1. The Balaban J connectivity index is 0.00000208. The Morgan fingerprint density at radius 2 is 1.88 bits per heavy atom. The fourth-order valence-electron chi connectivity index (χ4n) is 2.86. The lowest BCUT2D eigenvalue weighted by molar-refractivity contribution is 0.0925. The number of hydrogen-bond acceptors (Lipinski definition) is 3. The predicted octanol–water partition coefficient (Wildman–Crippen LogP) is 3.77. The van der Waals surface area contributed by atoms with Crippen LogP contribution in [0.25, 0.3) is 0 Å². The van der Waals surface area contributed by atoms with E-state index in [1.807, 2.05) is 48.5 Å². The van der Waals surface area contributed by atoms with Crippen molar-refractivity contribution in [1.29, 1.82) is 0 Å². The van der Waals surface area contributed by atoms with Gasteiger partial charge in [0.05, 0.1) is 0 Å². The van der Waals surface area contributed by atoms with Crippen LogP contribution in [0.4, 0.5) is 0 Å². The van der Waals surface area contributed by atoms with Crippen molar-refractivity contribution in [3.05, 3.63) is 60.2 Å². The maximum Gasteiger partial charge on any atom is 0.251 e. The number of benzene rings is 2. The molecule has 5 heteroatoms. The van der Waals surface area contributed by atoms with E-state index in [0.717, 1.165) is 25.1 Å². The quantitative estimate of drug-likeness (QED) is 0.886.